The summed E-state index contributed by atoms with van der Waals surface area (Å²) < 4.78 is 38.1. The Bertz CT molecular complexity index is 283. The SMILES string of the molecule is N=C(N)C(CN1CCCC1CCCO)C(F)(F)F. The van der Waals surface area contributed by atoms with Crippen LogP contribution in [0, 0.1) is 11.3 Å². The number of nitrogens with two attached hydrogens (primary N) is 1. The van der Waals surface area contributed by atoms with E-state index in [9.17, 15) is 13.2 Å². The van der Waals surface area contributed by atoms with Gasteiger partial charge < -0.3 is 10.8 Å². The van der Waals surface area contributed by atoms with Gasteiger partial charge in [0.05, 0.1) is 0 Å². The van der Waals surface area contributed by atoms with Crippen LogP contribution >= 0.6 is 0 Å². The summed E-state index contributed by atoms with van der Waals surface area (Å²) in [5, 5.41) is 15.8. The maximum atomic E-state index is 12.7. The number of likely N-dealkylation sites (tertiary alicyclic amines) is 1. The Morgan fingerprint density at radius 3 is 2.67 bits per heavy atom. The summed E-state index contributed by atoms with van der Waals surface area (Å²) in [6.07, 6.45) is -1.46. The first-order valence-electron chi connectivity index (χ1n) is 6.11. The maximum Gasteiger partial charge on any atom is 0.399 e. The van der Waals surface area contributed by atoms with Crippen molar-refractivity contribution in [2.24, 2.45) is 11.7 Å². The molecule has 0 aromatic rings. The molecule has 1 aliphatic rings. The van der Waals surface area contributed by atoms with Gasteiger partial charge in [-0.1, -0.05) is 0 Å². The predicted octanol–water partition coefficient (Wildman–Crippen LogP) is 1.34. The van der Waals surface area contributed by atoms with E-state index in [2.05, 4.69) is 0 Å². The van der Waals surface area contributed by atoms with Gasteiger partial charge >= 0.3 is 6.18 Å². The molecular formula is C11H20F3N3O. The quantitative estimate of drug-likeness (QED) is 0.502. The van der Waals surface area contributed by atoms with Crippen LogP contribution in [0.3, 0.4) is 0 Å². The predicted molar refractivity (Wildman–Crippen MR) is 62.4 cm³/mol. The molecule has 2 unspecified atom stereocenters. The molecule has 0 aromatic carbocycles. The zero-order valence-electron chi connectivity index (χ0n) is 10.2. The third kappa shape index (κ3) is 4.13. The van der Waals surface area contributed by atoms with Gasteiger partial charge in [-0.15, -0.1) is 0 Å². The zero-order valence-corrected chi connectivity index (χ0v) is 10.2. The maximum absolute atomic E-state index is 12.7. The second kappa shape index (κ2) is 6.38. The number of aliphatic hydroxyl groups is 1. The van der Waals surface area contributed by atoms with Gasteiger partial charge in [0, 0.05) is 19.2 Å². The molecule has 0 bridgehead atoms. The Hall–Kier alpha value is -0.820. The van der Waals surface area contributed by atoms with Crippen molar-refractivity contribution in [2.75, 3.05) is 19.7 Å². The van der Waals surface area contributed by atoms with E-state index in [1.165, 1.54) is 0 Å². The topological polar surface area (TPSA) is 73.3 Å². The van der Waals surface area contributed by atoms with Gasteiger partial charge in [0.2, 0.25) is 0 Å². The molecule has 4 N–H and O–H groups in total. The minimum Gasteiger partial charge on any atom is -0.396 e. The van der Waals surface area contributed by atoms with E-state index >= 15 is 0 Å². The van der Waals surface area contributed by atoms with Crippen LogP contribution < -0.4 is 5.73 Å². The molecule has 18 heavy (non-hydrogen) atoms. The number of rotatable bonds is 6. The standard InChI is InChI=1S/C11H20F3N3O/c12-11(13,14)9(10(15)16)7-17-5-1-3-8(17)4-2-6-18/h8-9,18H,1-7H2,(H3,15,16). The molecule has 4 nitrogen and oxygen atoms in total. The summed E-state index contributed by atoms with van der Waals surface area (Å²) in [5.41, 5.74) is 5.04. The summed E-state index contributed by atoms with van der Waals surface area (Å²) in [6.45, 7) is 0.421. The normalized spacial score (nSPS) is 23.2. The highest BCUT2D eigenvalue weighted by Crippen LogP contribution is 2.30. The smallest absolute Gasteiger partial charge is 0.396 e. The summed E-state index contributed by atoms with van der Waals surface area (Å²) in [7, 11) is 0. The number of nitrogens with one attached hydrogen (secondary N) is 1. The first kappa shape index (κ1) is 15.2. The fraction of sp³-hybridized carbons (Fsp3) is 0.909. The highest BCUT2D eigenvalue weighted by atomic mass is 19.4. The summed E-state index contributed by atoms with van der Waals surface area (Å²) in [5.74, 6) is -2.71. The summed E-state index contributed by atoms with van der Waals surface area (Å²) >= 11 is 0. The third-order valence-electron chi connectivity index (χ3n) is 3.38. The number of hydrogen-bond acceptors (Lipinski definition) is 3. The van der Waals surface area contributed by atoms with Crippen LogP contribution in [-0.4, -0.2) is 47.8 Å². The van der Waals surface area contributed by atoms with Crippen LogP contribution in [0.15, 0.2) is 0 Å². The molecule has 0 spiro atoms. The van der Waals surface area contributed by atoms with Crippen molar-refractivity contribution in [1.82, 2.24) is 4.90 Å². The monoisotopic (exact) mass is 267 g/mol. The van der Waals surface area contributed by atoms with Gasteiger partial charge in [-0.25, -0.2) is 0 Å². The van der Waals surface area contributed by atoms with Crippen LogP contribution in [0.5, 0.6) is 0 Å². The minimum atomic E-state index is -4.46. The van der Waals surface area contributed by atoms with Crippen molar-refractivity contribution >= 4 is 5.84 Å². The van der Waals surface area contributed by atoms with Gasteiger partial charge in [-0.3, -0.25) is 10.3 Å². The number of aliphatic hydroxyl groups excluding tert-OH is 1. The van der Waals surface area contributed by atoms with Crippen LogP contribution in [-0.2, 0) is 0 Å². The molecule has 0 aromatic heterocycles. The van der Waals surface area contributed by atoms with Crippen LogP contribution in [0.1, 0.15) is 25.7 Å². The number of alkyl halides is 3. The fourth-order valence-electron chi connectivity index (χ4n) is 2.40. The Labute approximate surface area is 104 Å². The van der Waals surface area contributed by atoms with Crippen molar-refractivity contribution < 1.29 is 18.3 Å². The second-order valence-corrected chi connectivity index (χ2v) is 4.71. The second-order valence-electron chi connectivity index (χ2n) is 4.71. The van der Waals surface area contributed by atoms with Crippen molar-refractivity contribution in [2.45, 2.75) is 37.9 Å². The molecule has 0 saturated carbocycles. The van der Waals surface area contributed by atoms with Crippen molar-refractivity contribution in [1.29, 1.82) is 5.41 Å². The molecule has 1 saturated heterocycles. The highest BCUT2D eigenvalue weighted by Gasteiger charge is 2.44. The first-order valence-corrected chi connectivity index (χ1v) is 6.11. The number of halogens is 3. The van der Waals surface area contributed by atoms with E-state index in [1.807, 2.05) is 0 Å². The van der Waals surface area contributed by atoms with Crippen molar-refractivity contribution in [3.63, 3.8) is 0 Å². The van der Waals surface area contributed by atoms with E-state index in [0.717, 1.165) is 12.8 Å². The molecule has 1 heterocycles. The molecule has 0 aliphatic carbocycles. The van der Waals surface area contributed by atoms with Gasteiger partial charge in [-0.05, 0) is 32.2 Å². The lowest BCUT2D eigenvalue weighted by molar-refractivity contribution is -0.160. The molecule has 2 atom stereocenters. The minimum absolute atomic E-state index is 0.0553. The molecule has 1 rings (SSSR count). The van der Waals surface area contributed by atoms with Gasteiger partial charge in [0.1, 0.15) is 11.8 Å². The average molecular weight is 267 g/mol. The van der Waals surface area contributed by atoms with E-state index in [1.54, 1.807) is 4.90 Å². The average Bonchev–Trinajstić information content (AvgIpc) is 2.68. The Morgan fingerprint density at radius 1 is 1.50 bits per heavy atom. The molecule has 106 valence electrons. The summed E-state index contributed by atoms with van der Waals surface area (Å²) in [4.78, 5) is 1.75. The van der Waals surface area contributed by atoms with Crippen LogP contribution in [0.4, 0.5) is 13.2 Å². The van der Waals surface area contributed by atoms with Gasteiger partial charge in [0.25, 0.3) is 0 Å². The van der Waals surface area contributed by atoms with E-state index in [-0.39, 0.29) is 19.2 Å². The number of amidine groups is 1. The van der Waals surface area contributed by atoms with E-state index < -0.39 is 17.9 Å². The highest BCUT2D eigenvalue weighted by molar-refractivity contribution is 5.80. The lowest BCUT2D eigenvalue weighted by Crippen LogP contribution is -2.45. The molecule has 1 fully saturated rings. The van der Waals surface area contributed by atoms with Crippen LogP contribution in [0.2, 0.25) is 0 Å². The first-order chi connectivity index (χ1) is 8.36. The number of nitrogens with zero attached hydrogens (tertiary/aromatic N) is 1. The van der Waals surface area contributed by atoms with E-state index in [0.29, 0.717) is 19.4 Å². The molecular weight excluding hydrogens is 247 g/mol. The number of hydrogen-bond donors (Lipinski definition) is 3. The Balaban J connectivity index is 2.60. The van der Waals surface area contributed by atoms with Crippen LogP contribution in [0.25, 0.3) is 0 Å². The Morgan fingerprint density at radius 2 is 2.17 bits per heavy atom. The fourth-order valence-corrected chi connectivity index (χ4v) is 2.40. The zero-order chi connectivity index (χ0) is 13.8. The van der Waals surface area contributed by atoms with Crippen molar-refractivity contribution in [3.05, 3.63) is 0 Å². The molecule has 1 aliphatic heterocycles. The van der Waals surface area contributed by atoms with Gasteiger partial charge in [0.15, 0.2) is 0 Å². The molecule has 7 heteroatoms. The molecule has 0 radical (unpaired) electrons. The van der Waals surface area contributed by atoms with E-state index in [4.69, 9.17) is 16.2 Å². The molecule has 0 amide bonds. The lowest BCUT2D eigenvalue weighted by atomic mass is 10.1. The van der Waals surface area contributed by atoms with Gasteiger partial charge in [-0.2, -0.15) is 13.2 Å². The Kier molecular flexibility index (Phi) is 5.40. The largest absolute Gasteiger partial charge is 0.399 e. The van der Waals surface area contributed by atoms with Crippen molar-refractivity contribution in [3.8, 4) is 0 Å². The third-order valence-corrected chi connectivity index (χ3v) is 3.38. The lowest BCUT2D eigenvalue weighted by Gasteiger charge is -2.29. The summed E-state index contributed by atoms with van der Waals surface area (Å²) in [6, 6.07) is 0.0707.